The van der Waals surface area contributed by atoms with E-state index in [0.717, 1.165) is 30.6 Å². The van der Waals surface area contributed by atoms with E-state index in [9.17, 15) is 31.5 Å². The molecule has 1 aliphatic heterocycles. The van der Waals surface area contributed by atoms with Crippen LogP contribution in [0.25, 0.3) is 16.1 Å². The van der Waals surface area contributed by atoms with Crippen LogP contribution in [0.1, 0.15) is 85.2 Å². The van der Waals surface area contributed by atoms with E-state index in [2.05, 4.69) is 30.5 Å². The molecule has 3 atom stereocenters. The molecule has 5 rings (SSSR count). The summed E-state index contributed by atoms with van der Waals surface area (Å²) in [7, 11) is 1.36. The Morgan fingerprint density at radius 3 is 2.67 bits per heavy atom. The van der Waals surface area contributed by atoms with Gasteiger partial charge in [-0.1, -0.05) is 18.0 Å². The topological polar surface area (TPSA) is 167 Å². The minimum Gasteiger partial charge on any atom is -0.382 e. The molecule has 1 saturated heterocycles. The molecular formula is C30H38F5N11O3. The van der Waals surface area contributed by atoms with Gasteiger partial charge in [0.15, 0.2) is 5.65 Å². The number of amides is 3. The molecule has 19 heteroatoms. The summed E-state index contributed by atoms with van der Waals surface area (Å²) < 4.78 is 76.7. The van der Waals surface area contributed by atoms with Crippen molar-refractivity contribution in [3.63, 3.8) is 0 Å². The monoisotopic (exact) mass is 695 g/mol. The average molecular weight is 696 g/mol. The van der Waals surface area contributed by atoms with Crippen LogP contribution < -0.4 is 10.6 Å². The van der Waals surface area contributed by atoms with Gasteiger partial charge in [0.2, 0.25) is 5.92 Å². The molecule has 2 fully saturated rings. The Morgan fingerprint density at radius 1 is 1.22 bits per heavy atom. The Balaban J connectivity index is 1.36. The molecule has 0 spiro atoms. The Bertz CT molecular complexity index is 1650. The highest BCUT2D eigenvalue weighted by atomic mass is 19.4. The van der Waals surface area contributed by atoms with Crippen molar-refractivity contribution in [3.8, 4) is 0 Å². The number of nitrogens with one attached hydrogen (secondary N) is 2. The molecule has 0 aromatic carbocycles. The Morgan fingerprint density at radius 2 is 1.98 bits per heavy atom. The summed E-state index contributed by atoms with van der Waals surface area (Å²) in [5.41, 5.74) is 9.73. The number of urea groups is 1. The fraction of sp³-hybridized carbons (Fsp3) is 0.633. The van der Waals surface area contributed by atoms with Crippen LogP contribution in [0.5, 0.6) is 0 Å². The Labute approximate surface area is 278 Å². The first-order valence-corrected chi connectivity index (χ1v) is 16.1. The summed E-state index contributed by atoms with van der Waals surface area (Å²) in [6, 6.07) is -1.44. The van der Waals surface area contributed by atoms with Crippen LogP contribution in [-0.4, -0.2) is 86.2 Å². The largest absolute Gasteiger partial charge is 0.410 e. The van der Waals surface area contributed by atoms with Crippen LogP contribution in [0.4, 0.5) is 26.7 Å². The summed E-state index contributed by atoms with van der Waals surface area (Å²) in [5, 5.41) is 17.1. The number of aryl methyl sites for hydroxylation is 1. The number of hydrogen-bond donors (Lipinski definition) is 2. The molecule has 2 aliphatic rings. The van der Waals surface area contributed by atoms with Gasteiger partial charge in [0.25, 0.3) is 5.91 Å². The molecule has 266 valence electrons. The van der Waals surface area contributed by atoms with Gasteiger partial charge in [-0.2, -0.15) is 23.4 Å². The van der Waals surface area contributed by atoms with Gasteiger partial charge in [-0.15, -0.1) is 0 Å². The average Bonchev–Trinajstić information content (AvgIpc) is 3.80. The second-order valence-electron chi connectivity index (χ2n) is 12.4. The summed E-state index contributed by atoms with van der Waals surface area (Å²) >= 11 is 0. The number of halogens is 5. The van der Waals surface area contributed by atoms with Crippen molar-refractivity contribution in [1.82, 2.24) is 39.9 Å². The maximum Gasteiger partial charge on any atom is 0.410 e. The number of aromatic nitrogens is 5. The summed E-state index contributed by atoms with van der Waals surface area (Å²) in [6.45, 7) is 0.170. The number of unbranched alkanes of at least 4 members (excludes halogenated alkanes) is 3. The van der Waals surface area contributed by atoms with E-state index >= 15 is 0 Å². The number of imidazole rings is 1. The van der Waals surface area contributed by atoms with Crippen LogP contribution in [-0.2, 0) is 11.3 Å². The lowest BCUT2D eigenvalue weighted by Crippen LogP contribution is -2.40. The van der Waals surface area contributed by atoms with Crippen molar-refractivity contribution in [2.45, 2.75) is 88.1 Å². The molecule has 49 heavy (non-hydrogen) atoms. The number of azide groups is 1. The van der Waals surface area contributed by atoms with Gasteiger partial charge in [-0.25, -0.2) is 23.1 Å². The maximum absolute atomic E-state index is 14.2. The Hall–Kier alpha value is -4.51. The van der Waals surface area contributed by atoms with Crippen molar-refractivity contribution in [2.75, 3.05) is 26.8 Å². The third-order valence-corrected chi connectivity index (χ3v) is 9.01. The molecule has 14 nitrogen and oxygen atoms in total. The number of ether oxygens (including phenoxy) is 1. The number of carbonyl (C=O) groups excluding carboxylic acids is 2. The molecule has 2 N–H and O–H groups in total. The van der Waals surface area contributed by atoms with Crippen molar-refractivity contribution in [2.24, 2.45) is 11.0 Å². The van der Waals surface area contributed by atoms with Crippen LogP contribution in [0.15, 0.2) is 35.8 Å². The zero-order valence-corrected chi connectivity index (χ0v) is 26.8. The van der Waals surface area contributed by atoms with E-state index in [1.54, 1.807) is 23.0 Å². The van der Waals surface area contributed by atoms with Gasteiger partial charge in [0, 0.05) is 49.7 Å². The molecule has 3 amide bonds. The molecule has 1 aliphatic carbocycles. The lowest BCUT2D eigenvalue weighted by molar-refractivity contribution is -0.150. The van der Waals surface area contributed by atoms with Crippen molar-refractivity contribution < 1.29 is 36.3 Å². The van der Waals surface area contributed by atoms with Gasteiger partial charge in [0.05, 0.1) is 43.3 Å². The molecule has 1 saturated carbocycles. The highest BCUT2D eigenvalue weighted by Gasteiger charge is 2.48. The second-order valence-corrected chi connectivity index (χ2v) is 12.4. The second kappa shape index (κ2) is 15.4. The third kappa shape index (κ3) is 8.75. The number of carbonyl (C=O) groups is 2. The molecule has 3 aromatic heterocycles. The van der Waals surface area contributed by atoms with Crippen LogP contribution in [0.2, 0.25) is 0 Å². The van der Waals surface area contributed by atoms with Crippen molar-refractivity contribution >= 4 is 17.6 Å². The predicted octanol–water partition coefficient (Wildman–Crippen LogP) is 5.74. The van der Waals surface area contributed by atoms with Crippen molar-refractivity contribution in [3.05, 3.63) is 58.1 Å². The van der Waals surface area contributed by atoms with Crippen LogP contribution >= 0.6 is 0 Å². The normalized spacial score (nSPS) is 19.4. The van der Waals surface area contributed by atoms with Gasteiger partial charge < -0.3 is 20.3 Å². The molecular weight excluding hydrogens is 657 g/mol. The number of fused-ring (bicyclic) bond motifs is 1. The summed E-state index contributed by atoms with van der Waals surface area (Å²) in [6.07, 6.45) is 2.65. The van der Waals surface area contributed by atoms with Gasteiger partial charge >= 0.3 is 12.2 Å². The highest BCUT2D eigenvalue weighted by molar-refractivity contribution is 5.92. The maximum atomic E-state index is 14.2. The van der Waals surface area contributed by atoms with Gasteiger partial charge in [-0.3, -0.25) is 9.48 Å². The lowest BCUT2D eigenvalue weighted by atomic mass is 9.81. The molecule has 0 bridgehead atoms. The Kier molecular flexibility index (Phi) is 11.2. The fourth-order valence-electron chi connectivity index (χ4n) is 6.37. The first-order chi connectivity index (χ1) is 23.4. The summed E-state index contributed by atoms with van der Waals surface area (Å²) in [4.78, 5) is 34.6. The van der Waals surface area contributed by atoms with E-state index in [4.69, 9.17) is 10.3 Å². The van der Waals surface area contributed by atoms with E-state index in [0.29, 0.717) is 30.0 Å². The number of hydrogen-bond acceptors (Lipinski definition) is 7. The number of rotatable bonds is 15. The minimum atomic E-state index is -4.63. The minimum absolute atomic E-state index is 0.109. The highest BCUT2D eigenvalue weighted by Crippen LogP contribution is 2.41. The van der Waals surface area contributed by atoms with Crippen LogP contribution in [0.3, 0.4) is 0 Å². The smallest absolute Gasteiger partial charge is 0.382 e. The SMILES string of the molecule is COC[C@H](c1cnn2cc([C@@H](NC(=O)c3ccnn3CCCCCCN=[N+]=[N-])C3CCC(F)(F)CC3)nc2c1)N1C[C@@H](C(F)(F)F)NC1=O. The van der Waals surface area contributed by atoms with Gasteiger partial charge in [0.1, 0.15) is 11.7 Å². The molecule has 0 radical (unpaired) electrons. The quantitative estimate of drug-likeness (QED) is 0.0676. The molecule has 3 aromatic rings. The number of methoxy groups -OCH3 is 1. The van der Waals surface area contributed by atoms with E-state index in [1.807, 2.05) is 5.32 Å². The van der Waals surface area contributed by atoms with Crippen molar-refractivity contribution in [1.29, 1.82) is 0 Å². The van der Waals surface area contributed by atoms with E-state index < -0.39 is 48.7 Å². The van der Waals surface area contributed by atoms with Gasteiger partial charge in [-0.05, 0) is 49.3 Å². The first kappa shape index (κ1) is 35.8. The summed E-state index contributed by atoms with van der Waals surface area (Å²) in [5.74, 6) is -3.62. The van der Waals surface area contributed by atoms with E-state index in [-0.39, 0.29) is 43.9 Å². The lowest BCUT2D eigenvalue weighted by Gasteiger charge is -2.33. The van der Waals surface area contributed by atoms with E-state index in [1.165, 1.54) is 24.0 Å². The molecule has 4 heterocycles. The van der Waals surface area contributed by atoms with Crippen LogP contribution in [0, 0.1) is 5.92 Å². The fourth-order valence-corrected chi connectivity index (χ4v) is 6.37. The molecule has 0 unspecified atom stereocenters. The zero-order valence-electron chi connectivity index (χ0n) is 26.8. The zero-order chi connectivity index (χ0) is 35.2. The third-order valence-electron chi connectivity index (χ3n) is 9.01. The first-order valence-electron chi connectivity index (χ1n) is 16.1. The predicted molar refractivity (Wildman–Crippen MR) is 165 cm³/mol. The number of alkyl halides is 5. The standard InChI is InChI=1S/C30H38F5N11O3/c1-49-18-23(44-17-24(30(33,34)35)41-28(44)48)20-14-25-40-21(16-46(25)39-15-20)26(19-6-9-29(31,32)10-7-19)42-27(47)22-8-12-38-45(22)13-5-3-2-4-11-37-43-36/h8,12,14-16,19,23-24,26H,2-7,9-11,13,17-18H2,1H3,(H,41,48)(H,42,47)/t23-,24+,26+/m1/s1. The number of nitrogens with zero attached hydrogens (tertiary/aromatic N) is 9.